The summed E-state index contributed by atoms with van der Waals surface area (Å²) in [7, 11) is 0. The average Bonchev–Trinajstić information content (AvgIpc) is 2.37. The van der Waals surface area contributed by atoms with Crippen LogP contribution in [0, 0.1) is 5.92 Å². The van der Waals surface area contributed by atoms with Crippen LogP contribution in [0.25, 0.3) is 0 Å². The standard InChI is InChI=1S/C14H23F6IO3/c1-6-10(12(23,13(15,16)17)14(18,19)20)24-11(22)9(21(4)5)7-8(2)3/h8-10,23H,6-7H2,1-5H3. The molecule has 0 fully saturated rings. The number of hydrogen-bond donors (Lipinski definition) is 1. The SMILES string of the molecule is CCC(OC(=O)C(CC(C)C)I(C)C)C(O)(C(F)(F)F)C(F)(F)F. The van der Waals surface area contributed by atoms with Gasteiger partial charge in [0, 0.05) is 0 Å². The fraction of sp³-hybridized carbons (Fsp3) is 0.929. The molecule has 0 bridgehead atoms. The molecule has 1 N–H and O–H groups in total. The van der Waals surface area contributed by atoms with Gasteiger partial charge in [-0.05, 0) is 0 Å². The minimum atomic E-state index is -6.02. The van der Waals surface area contributed by atoms with Crippen molar-refractivity contribution in [1.82, 2.24) is 0 Å². The molecule has 2 atom stereocenters. The molecule has 3 nitrogen and oxygen atoms in total. The Balaban J connectivity index is 5.64. The Morgan fingerprint density at radius 3 is 1.75 bits per heavy atom. The van der Waals surface area contributed by atoms with Crippen molar-refractivity contribution >= 4 is 25.8 Å². The number of esters is 1. The normalized spacial score (nSPS) is 16.8. The number of halogens is 7. The molecule has 0 aliphatic rings. The summed E-state index contributed by atoms with van der Waals surface area (Å²) >= 11 is -1.90. The number of carbonyl (C=O) groups excluding carboxylic acids is 1. The van der Waals surface area contributed by atoms with Crippen molar-refractivity contribution in [3.05, 3.63) is 0 Å². The van der Waals surface area contributed by atoms with Gasteiger partial charge in [0.25, 0.3) is 0 Å². The van der Waals surface area contributed by atoms with Gasteiger partial charge in [0.1, 0.15) is 0 Å². The molecule has 0 aliphatic heterocycles. The molecule has 2 unspecified atom stereocenters. The van der Waals surface area contributed by atoms with Crippen LogP contribution in [0.4, 0.5) is 26.3 Å². The van der Waals surface area contributed by atoms with Crippen LogP contribution in [-0.4, -0.2) is 48.9 Å². The van der Waals surface area contributed by atoms with Crippen LogP contribution in [0.5, 0.6) is 0 Å². The van der Waals surface area contributed by atoms with E-state index in [0.717, 1.165) is 6.92 Å². The van der Waals surface area contributed by atoms with E-state index in [2.05, 4.69) is 4.74 Å². The molecule has 0 spiro atoms. The zero-order chi connectivity index (χ0) is 19.5. The fourth-order valence-corrected chi connectivity index (χ4v) is 5.27. The summed E-state index contributed by atoms with van der Waals surface area (Å²) in [6, 6.07) is 0. The summed E-state index contributed by atoms with van der Waals surface area (Å²) in [4.78, 5) is 15.7. The van der Waals surface area contributed by atoms with Gasteiger partial charge in [0.2, 0.25) is 0 Å². The van der Waals surface area contributed by atoms with E-state index in [1.165, 1.54) is 0 Å². The minimum absolute atomic E-state index is 0.0337. The van der Waals surface area contributed by atoms with E-state index in [-0.39, 0.29) is 5.92 Å². The molecule has 0 amide bonds. The first-order valence-electron chi connectivity index (χ1n) is 7.14. The summed E-state index contributed by atoms with van der Waals surface area (Å²) in [6.07, 6.45) is -15.3. The van der Waals surface area contributed by atoms with Crippen molar-refractivity contribution in [2.75, 3.05) is 9.86 Å². The van der Waals surface area contributed by atoms with Crippen molar-refractivity contribution in [3.8, 4) is 0 Å². The van der Waals surface area contributed by atoms with E-state index in [1.807, 2.05) is 0 Å². The van der Waals surface area contributed by atoms with Crippen LogP contribution < -0.4 is 0 Å². The third kappa shape index (κ3) is 5.37. The number of hydrogen-bond acceptors (Lipinski definition) is 3. The van der Waals surface area contributed by atoms with Crippen molar-refractivity contribution < 1.29 is 41.0 Å². The number of ether oxygens (including phenoxy) is 1. The predicted molar refractivity (Wildman–Crippen MR) is 86.3 cm³/mol. The second-order valence-electron chi connectivity index (χ2n) is 6.01. The molecule has 146 valence electrons. The molecule has 0 rings (SSSR count). The third-order valence-electron chi connectivity index (χ3n) is 3.42. The van der Waals surface area contributed by atoms with Crippen LogP contribution in [-0.2, 0) is 9.53 Å². The Kier molecular flexibility index (Phi) is 8.32. The first kappa shape index (κ1) is 23.7. The van der Waals surface area contributed by atoms with Gasteiger partial charge in [-0.15, -0.1) is 0 Å². The Bertz CT molecular complexity index is 406. The van der Waals surface area contributed by atoms with Gasteiger partial charge in [-0.3, -0.25) is 0 Å². The van der Waals surface area contributed by atoms with E-state index in [0.29, 0.717) is 6.42 Å². The summed E-state index contributed by atoms with van der Waals surface area (Å²) in [5, 5.41) is 9.38. The Labute approximate surface area is 144 Å². The van der Waals surface area contributed by atoms with Crippen LogP contribution in [0.3, 0.4) is 0 Å². The zero-order valence-electron chi connectivity index (χ0n) is 14.1. The molecule has 10 heteroatoms. The number of carbonyl (C=O) groups is 1. The maximum atomic E-state index is 12.9. The van der Waals surface area contributed by atoms with Gasteiger partial charge in [-0.1, -0.05) is 0 Å². The maximum absolute atomic E-state index is 12.9. The third-order valence-corrected chi connectivity index (χ3v) is 7.44. The second-order valence-corrected chi connectivity index (χ2v) is 12.2. The van der Waals surface area contributed by atoms with Gasteiger partial charge >= 0.3 is 144 Å². The predicted octanol–water partition coefficient (Wildman–Crippen LogP) is 4.34. The molecule has 0 aromatic rings. The van der Waals surface area contributed by atoms with Crippen molar-refractivity contribution in [3.63, 3.8) is 0 Å². The van der Waals surface area contributed by atoms with E-state index in [1.54, 1.807) is 23.7 Å². The van der Waals surface area contributed by atoms with E-state index >= 15 is 0 Å². The van der Waals surface area contributed by atoms with E-state index in [9.17, 15) is 36.2 Å². The molecule has 0 aromatic heterocycles. The van der Waals surface area contributed by atoms with E-state index in [4.69, 9.17) is 0 Å². The van der Waals surface area contributed by atoms with Gasteiger partial charge in [0.15, 0.2) is 0 Å². The van der Waals surface area contributed by atoms with Crippen LogP contribution in [0.2, 0.25) is 0 Å². The monoisotopic (exact) mass is 480 g/mol. The van der Waals surface area contributed by atoms with Crippen molar-refractivity contribution in [2.45, 2.75) is 61.6 Å². The second kappa shape index (κ2) is 8.41. The fourth-order valence-electron chi connectivity index (χ4n) is 2.07. The molecule has 0 saturated carbocycles. The molecular formula is C14H23F6IO3. The molecule has 24 heavy (non-hydrogen) atoms. The quantitative estimate of drug-likeness (QED) is 0.255. The zero-order valence-corrected chi connectivity index (χ0v) is 16.2. The molecule has 0 aliphatic carbocycles. The summed E-state index contributed by atoms with van der Waals surface area (Å²) in [6.45, 7) is 4.57. The Morgan fingerprint density at radius 2 is 1.50 bits per heavy atom. The molecular weight excluding hydrogens is 457 g/mol. The Morgan fingerprint density at radius 1 is 1.08 bits per heavy atom. The van der Waals surface area contributed by atoms with Crippen LogP contribution >= 0.6 is 19.8 Å². The summed E-state index contributed by atoms with van der Waals surface area (Å²) in [5.41, 5.74) is -5.09. The molecule has 0 heterocycles. The summed E-state index contributed by atoms with van der Waals surface area (Å²) in [5.74, 6) is -1.07. The summed E-state index contributed by atoms with van der Waals surface area (Å²) < 4.78 is 81.3. The first-order chi connectivity index (χ1) is 10.6. The van der Waals surface area contributed by atoms with Crippen LogP contribution in [0.1, 0.15) is 33.6 Å². The van der Waals surface area contributed by atoms with Crippen molar-refractivity contribution in [1.29, 1.82) is 0 Å². The van der Waals surface area contributed by atoms with Crippen LogP contribution in [0.15, 0.2) is 0 Å². The topological polar surface area (TPSA) is 46.5 Å². The van der Waals surface area contributed by atoms with Crippen molar-refractivity contribution in [2.24, 2.45) is 5.92 Å². The number of rotatable bonds is 7. The van der Waals surface area contributed by atoms with E-state index < -0.39 is 60.2 Å². The molecule has 0 saturated heterocycles. The van der Waals surface area contributed by atoms with Gasteiger partial charge < -0.3 is 0 Å². The van der Waals surface area contributed by atoms with Gasteiger partial charge in [-0.2, -0.15) is 0 Å². The number of aliphatic hydroxyl groups is 1. The number of alkyl halides is 9. The Hall–Kier alpha value is -0.260. The van der Waals surface area contributed by atoms with Gasteiger partial charge in [-0.25, -0.2) is 0 Å². The average molecular weight is 480 g/mol. The van der Waals surface area contributed by atoms with Gasteiger partial charge in [0.05, 0.1) is 0 Å². The molecule has 0 aromatic carbocycles. The molecule has 0 radical (unpaired) electrons. The first-order valence-corrected chi connectivity index (χ1v) is 12.7.